The zero-order chi connectivity index (χ0) is 26.6. The highest BCUT2D eigenvalue weighted by atomic mass is 79.9. The average molecular weight is 586 g/mol. The Morgan fingerprint density at radius 2 is 2.19 bits per heavy atom. The Balaban J connectivity index is 1.66. The molecule has 2 heterocycles. The maximum Gasteiger partial charge on any atom is 0.255 e. The van der Waals surface area contributed by atoms with Gasteiger partial charge >= 0.3 is 0 Å². The molecule has 0 radical (unpaired) electrons. The van der Waals surface area contributed by atoms with E-state index in [9.17, 15) is 4.79 Å². The van der Waals surface area contributed by atoms with Crippen LogP contribution in [0.1, 0.15) is 59.3 Å². The first-order chi connectivity index (χ1) is 17.7. The van der Waals surface area contributed by atoms with Gasteiger partial charge in [-0.25, -0.2) is 4.99 Å². The molecule has 37 heavy (non-hydrogen) atoms. The number of furan rings is 1. The van der Waals surface area contributed by atoms with Crippen LogP contribution in [0.15, 0.2) is 57.1 Å². The minimum Gasteiger partial charge on any atom is -0.493 e. The second-order valence-electron chi connectivity index (χ2n) is 10.1. The van der Waals surface area contributed by atoms with Crippen molar-refractivity contribution in [3.63, 3.8) is 0 Å². The maximum atomic E-state index is 13.4. The van der Waals surface area contributed by atoms with Gasteiger partial charge in [-0.05, 0) is 81.9 Å². The summed E-state index contributed by atoms with van der Waals surface area (Å²) in [5.74, 6) is 2.36. The number of nitrogens with one attached hydrogen (secondary N) is 1. The highest BCUT2D eigenvalue weighted by Gasteiger charge is 2.33. The van der Waals surface area contributed by atoms with Crippen molar-refractivity contribution in [2.75, 3.05) is 13.7 Å². The lowest BCUT2D eigenvalue weighted by molar-refractivity contribution is 0.0947. The Hall–Kier alpha value is -2.84. The van der Waals surface area contributed by atoms with Gasteiger partial charge in [0.15, 0.2) is 11.5 Å². The quantitative estimate of drug-likeness (QED) is 0.208. The van der Waals surface area contributed by atoms with Crippen LogP contribution in [0.3, 0.4) is 0 Å². The first-order valence-corrected chi connectivity index (χ1v) is 13.9. The molecule has 1 amide bonds. The Bertz CT molecular complexity index is 1290. The van der Waals surface area contributed by atoms with E-state index >= 15 is 0 Å². The van der Waals surface area contributed by atoms with E-state index in [4.69, 9.17) is 18.9 Å². The number of aliphatic imine (C=N–C) groups is 1. The van der Waals surface area contributed by atoms with Crippen LogP contribution < -0.4 is 14.8 Å². The van der Waals surface area contributed by atoms with E-state index in [-0.39, 0.29) is 11.3 Å². The fourth-order valence-corrected chi connectivity index (χ4v) is 6.38. The zero-order valence-electron chi connectivity index (χ0n) is 21.7. The summed E-state index contributed by atoms with van der Waals surface area (Å²) in [6.07, 6.45) is 7.96. The number of methoxy groups -OCH3 is 1. The SMILES string of the molecule is C=CCOc1c(Br)cc(C=Nc2sc3c(c2C(=O)NCc2ccco2)CC[C@H](C(C)(C)C)C3)cc1OC. The lowest BCUT2D eigenvalue weighted by Crippen LogP contribution is -2.28. The van der Waals surface area contributed by atoms with Gasteiger partial charge in [-0.3, -0.25) is 4.79 Å². The molecule has 8 heteroatoms. The smallest absolute Gasteiger partial charge is 0.255 e. The van der Waals surface area contributed by atoms with Crippen molar-refractivity contribution >= 4 is 44.4 Å². The molecular weight excluding hydrogens is 552 g/mol. The van der Waals surface area contributed by atoms with Gasteiger partial charge in [0.05, 0.1) is 30.0 Å². The van der Waals surface area contributed by atoms with Crippen LogP contribution in [0.25, 0.3) is 0 Å². The number of thiophene rings is 1. The zero-order valence-corrected chi connectivity index (χ0v) is 24.1. The fourth-order valence-electron chi connectivity index (χ4n) is 4.53. The average Bonchev–Trinajstić information content (AvgIpc) is 3.51. The number of carbonyl (C=O) groups excluding carboxylic acids is 1. The van der Waals surface area contributed by atoms with E-state index in [1.807, 2.05) is 24.3 Å². The molecule has 1 aliphatic rings. The van der Waals surface area contributed by atoms with E-state index in [1.165, 1.54) is 4.88 Å². The molecule has 0 bridgehead atoms. The number of hydrogen-bond acceptors (Lipinski definition) is 6. The molecule has 2 aromatic heterocycles. The van der Waals surface area contributed by atoms with E-state index in [0.717, 1.165) is 39.9 Å². The molecule has 1 aromatic carbocycles. The Kier molecular flexibility index (Phi) is 8.60. The van der Waals surface area contributed by atoms with Gasteiger partial charge in [-0.1, -0.05) is 33.4 Å². The number of fused-ring (bicyclic) bond motifs is 1. The van der Waals surface area contributed by atoms with Crippen LogP contribution in [-0.2, 0) is 19.4 Å². The van der Waals surface area contributed by atoms with Crippen LogP contribution in [0.5, 0.6) is 11.5 Å². The van der Waals surface area contributed by atoms with Crippen LogP contribution >= 0.6 is 27.3 Å². The molecule has 0 fully saturated rings. The predicted molar refractivity (Wildman–Crippen MR) is 153 cm³/mol. The van der Waals surface area contributed by atoms with E-state index in [1.54, 1.807) is 37.0 Å². The van der Waals surface area contributed by atoms with Gasteiger partial charge in [-0.15, -0.1) is 11.3 Å². The summed E-state index contributed by atoms with van der Waals surface area (Å²) in [7, 11) is 1.60. The first-order valence-electron chi connectivity index (χ1n) is 12.3. The molecule has 1 N–H and O–H groups in total. The summed E-state index contributed by atoms with van der Waals surface area (Å²) in [4.78, 5) is 19.5. The van der Waals surface area contributed by atoms with E-state index in [2.05, 4.69) is 48.6 Å². The Morgan fingerprint density at radius 1 is 1.38 bits per heavy atom. The molecule has 1 atom stereocenters. The lowest BCUT2D eigenvalue weighted by Gasteiger charge is -2.33. The van der Waals surface area contributed by atoms with Gasteiger partial charge in [0.1, 0.15) is 17.4 Å². The summed E-state index contributed by atoms with van der Waals surface area (Å²) < 4.78 is 17.4. The molecule has 4 rings (SSSR count). The molecule has 0 saturated heterocycles. The summed E-state index contributed by atoms with van der Waals surface area (Å²) in [6.45, 7) is 11.3. The second kappa shape index (κ2) is 11.7. The molecule has 1 aliphatic carbocycles. The van der Waals surface area contributed by atoms with E-state index in [0.29, 0.717) is 41.9 Å². The van der Waals surface area contributed by atoms with Crippen molar-refractivity contribution < 1.29 is 18.7 Å². The number of benzene rings is 1. The normalized spacial score (nSPS) is 15.4. The van der Waals surface area contributed by atoms with Crippen molar-refractivity contribution in [3.8, 4) is 11.5 Å². The third kappa shape index (κ3) is 6.36. The molecule has 0 saturated carbocycles. The molecule has 196 valence electrons. The van der Waals surface area contributed by atoms with Crippen molar-refractivity contribution in [2.24, 2.45) is 16.3 Å². The van der Waals surface area contributed by atoms with Crippen molar-refractivity contribution in [1.29, 1.82) is 0 Å². The number of amides is 1. The Labute approximate surface area is 230 Å². The number of hydrogen-bond donors (Lipinski definition) is 1. The Morgan fingerprint density at radius 3 is 2.86 bits per heavy atom. The molecule has 6 nitrogen and oxygen atoms in total. The first kappa shape index (κ1) is 27.2. The number of halogens is 1. The largest absolute Gasteiger partial charge is 0.493 e. The number of carbonyl (C=O) groups is 1. The van der Waals surface area contributed by atoms with Gasteiger partial charge in [0, 0.05) is 11.1 Å². The van der Waals surface area contributed by atoms with Gasteiger partial charge in [0.2, 0.25) is 0 Å². The van der Waals surface area contributed by atoms with Crippen LogP contribution in [0, 0.1) is 11.3 Å². The highest BCUT2D eigenvalue weighted by molar-refractivity contribution is 9.10. The van der Waals surface area contributed by atoms with Crippen LogP contribution in [0.2, 0.25) is 0 Å². The summed E-state index contributed by atoms with van der Waals surface area (Å²) in [5.41, 5.74) is 2.84. The van der Waals surface area contributed by atoms with Gasteiger partial charge in [0.25, 0.3) is 5.91 Å². The van der Waals surface area contributed by atoms with Crippen LogP contribution in [-0.4, -0.2) is 25.8 Å². The van der Waals surface area contributed by atoms with Gasteiger partial charge < -0.3 is 19.2 Å². The molecule has 0 unspecified atom stereocenters. The third-order valence-electron chi connectivity index (χ3n) is 6.63. The molecule has 0 spiro atoms. The maximum absolute atomic E-state index is 13.4. The third-order valence-corrected chi connectivity index (χ3v) is 8.38. The summed E-state index contributed by atoms with van der Waals surface area (Å²) in [6, 6.07) is 7.46. The highest BCUT2D eigenvalue weighted by Crippen LogP contribution is 2.45. The number of nitrogens with zero attached hydrogens (tertiary/aromatic N) is 1. The van der Waals surface area contributed by atoms with Gasteiger partial charge in [-0.2, -0.15) is 0 Å². The standard InChI is InChI=1S/C29H33BrN2O4S/c1-6-11-36-26-22(30)13-18(14-23(26)34-5)16-32-28-25(27(33)31-17-20-8-7-12-35-20)21-10-9-19(29(2,3)4)15-24(21)37-28/h6-8,12-14,16,19H,1,9-11,15,17H2,2-5H3,(H,31,33)/t19-/m0/s1. The monoisotopic (exact) mass is 584 g/mol. The minimum atomic E-state index is -0.123. The van der Waals surface area contributed by atoms with Crippen molar-refractivity contribution in [2.45, 2.75) is 46.6 Å². The summed E-state index contributed by atoms with van der Waals surface area (Å²) >= 11 is 5.19. The molecule has 3 aromatic rings. The lowest BCUT2D eigenvalue weighted by atomic mass is 9.72. The minimum absolute atomic E-state index is 0.123. The van der Waals surface area contributed by atoms with Crippen molar-refractivity contribution in [1.82, 2.24) is 5.32 Å². The van der Waals surface area contributed by atoms with Crippen molar-refractivity contribution in [3.05, 3.63) is 75.0 Å². The van der Waals surface area contributed by atoms with Crippen LogP contribution in [0.4, 0.5) is 5.00 Å². The fraction of sp³-hybridized carbons (Fsp3) is 0.379. The second-order valence-corrected chi connectivity index (χ2v) is 12.1. The summed E-state index contributed by atoms with van der Waals surface area (Å²) in [5, 5.41) is 3.74. The topological polar surface area (TPSA) is 73.1 Å². The number of rotatable bonds is 9. The van der Waals surface area contributed by atoms with E-state index < -0.39 is 0 Å². The molecule has 0 aliphatic heterocycles. The number of ether oxygens (including phenoxy) is 2. The molecular formula is C29H33BrN2O4S. The predicted octanol–water partition coefficient (Wildman–Crippen LogP) is 7.51.